The Kier molecular flexibility index (Phi) is 4.62. The summed E-state index contributed by atoms with van der Waals surface area (Å²) in [5.74, 6) is 2.11. The van der Waals surface area contributed by atoms with Crippen LogP contribution < -0.4 is 10.1 Å². The molecule has 0 amide bonds. The van der Waals surface area contributed by atoms with Crippen LogP contribution in [-0.4, -0.2) is 35.6 Å². The van der Waals surface area contributed by atoms with Crippen molar-refractivity contribution in [3.05, 3.63) is 60.0 Å². The molecule has 28 heavy (non-hydrogen) atoms. The molecular weight excluding hydrogens is 352 g/mol. The van der Waals surface area contributed by atoms with Crippen molar-refractivity contribution in [1.82, 2.24) is 9.97 Å². The number of anilines is 1. The van der Waals surface area contributed by atoms with Crippen molar-refractivity contribution < 1.29 is 9.47 Å². The second kappa shape index (κ2) is 7.56. The van der Waals surface area contributed by atoms with Gasteiger partial charge in [0.15, 0.2) is 0 Å². The highest BCUT2D eigenvalue weighted by Crippen LogP contribution is 2.28. The lowest BCUT2D eigenvalue weighted by Gasteiger charge is -2.22. The molecule has 2 aliphatic heterocycles. The first-order valence-electron chi connectivity index (χ1n) is 9.72. The van der Waals surface area contributed by atoms with Gasteiger partial charge in [0.2, 0.25) is 5.88 Å². The number of fused-ring (bicyclic) bond motifs is 2. The minimum absolute atomic E-state index is 0.542. The SMILES string of the molecule is c1cnc2c(c1)C(Nc1ccc3c(OCC4CCOCC4)nccc3c1)=NC2. The Balaban J connectivity index is 1.34. The van der Waals surface area contributed by atoms with Crippen LogP contribution >= 0.6 is 0 Å². The third-order valence-electron chi connectivity index (χ3n) is 5.32. The van der Waals surface area contributed by atoms with Crippen molar-refractivity contribution in [2.45, 2.75) is 19.4 Å². The molecule has 0 radical (unpaired) electrons. The molecule has 0 atom stereocenters. The Morgan fingerprint density at radius 2 is 2.00 bits per heavy atom. The molecule has 1 saturated heterocycles. The number of benzene rings is 1. The van der Waals surface area contributed by atoms with Gasteiger partial charge in [-0.1, -0.05) is 0 Å². The standard InChI is InChI=1S/C22H22N4O2/c1-2-19-20(23-8-1)13-25-21(19)26-17-3-4-18-16(12-17)5-9-24-22(18)28-14-15-6-10-27-11-7-15/h1-5,8-9,12,15H,6-7,10-11,13-14H2,(H,25,26). The smallest absolute Gasteiger partial charge is 0.221 e. The summed E-state index contributed by atoms with van der Waals surface area (Å²) in [5, 5.41) is 5.54. The Labute approximate surface area is 163 Å². The average molecular weight is 374 g/mol. The summed E-state index contributed by atoms with van der Waals surface area (Å²) in [6.07, 6.45) is 5.72. The number of amidine groups is 1. The van der Waals surface area contributed by atoms with Crippen LogP contribution in [0.15, 0.2) is 53.8 Å². The highest BCUT2D eigenvalue weighted by molar-refractivity contribution is 6.11. The first kappa shape index (κ1) is 17.1. The van der Waals surface area contributed by atoms with E-state index in [1.165, 1.54) is 0 Å². The third-order valence-corrected chi connectivity index (χ3v) is 5.32. The second-order valence-electron chi connectivity index (χ2n) is 7.21. The quantitative estimate of drug-likeness (QED) is 0.752. The molecule has 1 fully saturated rings. The lowest BCUT2D eigenvalue weighted by Crippen LogP contribution is -2.21. The first-order chi connectivity index (χ1) is 13.9. The van der Waals surface area contributed by atoms with E-state index in [-0.39, 0.29) is 0 Å². The Bertz CT molecular complexity index is 1030. The van der Waals surface area contributed by atoms with Gasteiger partial charge in [-0.05, 0) is 60.5 Å². The highest BCUT2D eigenvalue weighted by Gasteiger charge is 2.17. The van der Waals surface area contributed by atoms with E-state index in [2.05, 4.69) is 32.4 Å². The van der Waals surface area contributed by atoms with Gasteiger partial charge >= 0.3 is 0 Å². The van der Waals surface area contributed by atoms with E-state index < -0.39 is 0 Å². The van der Waals surface area contributed by atoms with E-state index in [9.17, 15) is 0 Å². The molecule has 0 saturated carbocycles. The molecular formula is C22H22N4O2. The van der Waals surface area contributed by atoms with Gasteiger partial charge in [-0.2, -0.15) is 0 Å². The second-order valence-corrected chi connectivity index (χ2v) is 7.21. The molecule has 4 heterocycles. The maximum absolute atomic E-state index is 6.06. The van der Waals surface area contributed by atoms with Crippen molar-refractivity contribution in [3.63, 3.8) is 0 Å². The lowest BCUT2D eigenvalue weighted by molar-refractivity contribution is 0.0493. The van der Waals surface area contributed by atoms with Crippen LogP contribution in [0.5, 0.6) is 5.88 Å². The fourth-order valence-electron chi connectivity index (χ4n) is 3.72. The predicted molar refractivity (Wildman–Crippen MR) is 109 cm³/mol. The van der Waals surface area contributed by atoms with E-state index in [0.29, 0.717) is 24.9 Å². The summed E-state index contributed by atoms with van der Waals surface area (Å²) in [4.78, 5) is 13.4. The van der Waals surface area contributed by atoms with E-state index in [0.717, 1.165) is 59.6 Å². The molecule has 1 N–H and O–H groups in total. The molecule has 0 aliphatic carbocycles. The number of nitrogens with zero attached hydrogens (tertiary/aromatic N) is 3. The minimum Gasteiger partial charge on any atom is -0.477 e. The molecule has 1 aromatic carbocycles. The van der Waals surface area contributed by atoms with Gasteiger partial charge in [0.1, 0.15) is 5.84 Å². The number of hydrogen-bond acceptors (Lipinski definition) is 6. The monoisotopic (exact) mass is 374 g/mol. The molecule has 0 spiro atoms. The van der Waals surface area contributed by atoms with Crippen molar-refractivity contribution in [1.29, 1.82) is 0 Å². The van der Waals surface area contributed by atoms with Gasteiger partial charge in [0.05, 0.1) is 18.8 Å². The first-order valence-corrected chi connectivity index (χ1v) is 9.72. The van der Waals surface area contributed by atoms with Gasteiger partial charge in [0.25, 0.3) is 0 Å². The number of ether oxygens (including phenoxy) is 2. The van der Waals surface area contributed by atoms with E-state index in [1.807, 2.05) is 30.5 Å². The number of nitrogens with one attached hydrogen (secondary N) is 1. The van der Waals surface area contributed by atoms with Crippen molar-refractivity contribution in [2.24, 2.45) is 10.9 Å². The van der Waals surface area contributed by atoms with Crippen molar-refractivity contribution in [2.75, 3.05) is 25.1 Å². The number of hydrogen-bond donors (Lipinski definition) is 1. The summed E-state index contributed by atoms with van der Waals surface area (Å²) in [6.45, 7) is 2.97. The fourth-order valence-corrected chi connectivity index (χ4v) is 3.72. The summed E-state index contributed by atoms with van der Waals surface area (Å²) >= 11 is 0. The minimum atomic E-state index is 0.542. The molecule has 0 bridgehead atoms. The van der Waals surface area contributed by atoms with Crippen LogP contribution in [0, 0.1) is 5.92 Å². The van der Waals surface area contributed by atoms with Gasteiger partial charge in [-0.15, -0.1) is 0 Å². The van der Waals surface area contributed by atoms with Gasteiger partial charge in [0, 0.05) is 42.2 Å². The fraction of sp³-hybridized carbons (Fsp3) is 0.318. The van der Waals surface area contributed by atoms with E-state index in [1.54, 1.807) is 6.20 Å². The maximum atomic E-state index is 6.06. The normalized spacial score (nSPS) is 16.6. The molecule has 2 aromatic heterocycles. The van der Waals surface area contributed by atoms with Gasteiger partial charge < -0.3 is 14.8 Å². The molecule has 6 heteroatoms. The summed E-state index contributed by atoms with van der Waals surface area (Å²) in [7, 11) is 0. The third kappa shape index (κ3) is 3.43. The van der Waals surface area contributed by atoms with Crippen molar-refractivity contribution >= 4 is 22.3 Å². The van der Waals surface area contributed by atoms with Crippen LogP contribution in [0.4, 0.5) is 5.69 Å². The molecule has 2 aliphatic rings. The zero-order chi connectivity index (χ0) is 18.8. The van der Waals surface area contributed by atoms with Crippen LogP contribution in [0.25, 0.3) is 10.8 Å². The zero-order valence-corrected chi connectivity index (χ0v) is 15.6. The lowest BCUT2D eigenvalue weighted by atomic mass is 10.0. The van der Waals surface area contributed by atoms with Crippen LogP contribution in [0.1, 0.15) is 24.1 Å². The Morgan fingerprint density at radius 3 is 2.93 bits per heavy atom. The largest absolute Gasteiger partial charge is 0.477 e. The van der Waals surface area contributed by atoms with Crippen LogP contribution in [0.3, 0.4) is 0 Å². The molecule has 3 aromatic rings. The predicted octanol–water partition coefficient (Wildman–Crippen LogP) is 3.81. The molecule has 0 unspecified atom stereocenters. The maximum Gasteiger partial charge on any atom is 0.221 e. The highest BCUT2D eigenvalue weighted by atomic mass is 16.5. The van der Waals surface area contributed by atoms with Crippen LogP contribution in [0.2, 0.25) is 0 Å². The molecule has 6 nitrogen and oxygen atoms in total. The van der Waals surface area contributed by atoms with Gasteiger partial charge in [-0.25, -0.2) is 4.98 Å². The number of aliphatic imine (C=N–C) groups is 1. The molecule has 5 rings (SSSR count). The topological polar surface area (TPSA) is 68.6 Å². The van der Waals surface area contributed by atoms with Gasteiger partial charge in [-0.3, -0.25) is 9.98 Å². The number of rotatable bonds is 4. The van der Waals surface area contributed by atoms with Crippen molar-refractivity contribution in [3.8, 4) is 5.88 Å². The Morgan fingerprint density at radius 1 is 1.07 bits per heavy atom. The molecule has 142 valence electrons. The van der Waals surface area contributed by atoms with E-state index in [4.69, 9.17) is 9.47 Å². The summed E-state index contributed by atoms with van der Waals surface area (Å²) in [6, 6.07) is 12.2. The van der Waals surface area contributed by atoms with Crippen LogP contribution in [-0.2, 0) is 11.3 Å². The summed E-state index contributed by atoms with van der Waals surface area (Å²) in [5.41, 5.74) is 3.07. The summed E-state index contributed by atoms with van der Waals surface area (Å²) < 4.78 is 11.5. The average Bonchev–Trinajstić information content (AvgIpc) is 3.16. The number of aromatic nitrogens is 2. The number of pyridine rings is 2. The Hall–Kier alpha value is -2.99. The zero-order valence-electron chi connectivity index (χ0n) is 15.6. The van der Waals surface area contributed by atoms with E-state index >= 15 is 0 Å².